The van der Waals surface area contributed by atoms with Crippen molar-refractivity contribution in [3.8, 4) is 22.6 Å². The minimum Gasteiger partial charge on any atom is -0.611 e. The molecular weight excluding hydrogens is 407 g/mol. The van der Waals surface area contributed by atoms with E-state index in [-0.39, 0.29) is 0 Å². The predicted molar refractivity (Wildman–Crippen MR) is 135 cm³/mol. The van der Waals surface area contributed by atoms with Crippen LogP contribution in [0.25, 0.3) is 54.2 Å². The van der Waals surface area contributed by atoms with Gasteiger partial charge >= 0.3 is 14.8 Å². The van der Waals surface area contributed by atoms with Crippen molar-refractivity contribution in [3.63, 3.8) is 0 Å². The van der Waals surface area contributed by atoms with Crippen LogP contribution in [0.2, 0.25) is 5.79 Å². The van der Waals surface area contributed by atoms with Crippen LogP contribution in [0.15, 0.2) is 97.1 Å². The fourth-order valence-electron chi connectivity index (χ4n) is 5.32. The van der Waals surface area contributed by atoms with Crippen molar-refractivity contribution in [3.05, 3.63) is 97.1 Å². The van der Waals surface area contributed by atoms with Crippen LogP contribution in [-0.4, -0.2) is 14.8 Å². The van der Waals surface area contributed by atoms with Crippen molar-refractivity contribution in [2.75, 3.05) is 0 Å². The molecule has 0 radical (unpaired) electrons. The molecule has 3 heteroatoms. The van der Waals surface area contributed by atoms with Gasteiger partial charge in [-0.05, 0) is 38.1 Å². The van der Waals surface area contributed by atoms with Crippen molar-refractivity contribution in [2.24, 2.45) is 0 Å². The summed E-state index contributed by atoms with van der Waals surface area (Å²) in [5.74, 6) is 4.03. The molecule has 6 aromatic carbocycles. The van der Waals surface area contributed by atoms with Crippen molar-refractivity contribution in [2.45, 2.75) is 5.79 Å². The highest BCUT2D eigenvalue weighted by molar-refractivity contribution is 6.46. The van der Waals surface area contributed by atoms with Crippen molar-refractivity contribution >= 4 is 57.9 Å². The highest BCUT2D eigenvalue weighted by atomic mass is 27.2. The Kier molecular flexibility index (Phi) is 3.81. The summed E-state index contributed by atoms with van der Waals surface area (Å²) >= 11 is -1.99. The highest BCUT2D eigenvalue weighted by Crippen LogP contribution is 2.53. The predicted octanol–water partition coefficient (Wildman–Crippen LogP) is 7.86. The molecule has 1 aliphatic rings. The van der Waals surface area contributed by atoms with E-state index in [1.807, 2.05) is 0 Å². The Morgan fingerprint density at radius 3 is 1.06 bits per heavy atom. The number of fused-ring (bicyclic) bond motifs is 13. The smallest absolute Gasteiger partial charge is 0.611 e. The van der Waals surface area contributed by atoms with E-state index in [9.17, 15) is 0 Å². The summed E-state index contributed by atoms with van der Waals surface area (Å²) in [5.41, 5.74) is 2.29. The van der Waals surface area contributed by atoms with Crippen LogP contribution in [-0.2, 0) is 0 Å². The second-order valence-corrected chi connectivity index (χ2v) is 10.0. The van der Waals surface area contributed by atoms with Crippen LogP contribution in [0.3, 0.4) is 0 Å². The number of rotatable bonds is 0. The Hall–Kier alpha value is -3.51. The van der Waals surface area contributed by atoms with Gasteiger partial charge in [0.25, 0.3) is 0 Å². The molecule has 0 bridgehead atoms. The molecule has 0 atom stereocenters. The van der Waals surface area contributed by atoms with Crippen LogP contribution in [0, 0.1) is 0 Å². The van der Waals surface area contributed by atoms with E-state index in [1.165, 1.54) is 32.3 Å². The summed E-state index contributed by atoms with van der Waals surface area (Å²) in [6, 6.07) is 34.5. The van der Waals surface area contributed by atoms with Gasteiger partial charge in [0.15, 0.2) is 0 Å². The van der Waals surface area contributed by atoms with Gasteiger partial charge in [-0.15, -0.1) is 0 Å². The molecule has 7 rings (SSSR count). The van der Waals surface area contributed by atoms with Crippen molar-refractivity contribution in [1.29, 1.82) is 0 Å². The quantitative estimate of drug-likeness (QED) is 0.182. The zero-order valence-corrected chi connectivity index (χ0v) is 18.8. The Morgan fingerprint density at radius 1 is 0.406 bits per heavy atom. The lowest BCUT2D eigenvalue weighted by atomic mass is 9.87. The van der Waals surface area contributed by atoms with E-state index in [0.717, 1.165) is 33.4 Å². The zero-order valence-electron chi connectivity index (χ0n) is 17.6. The second kappa shape index (κ2) is 6.74. The summed E-state index contributed by atoms with van der Waals surface area (Å²) in [5, 5.41) is 9.62. The van der Waals surface area contributed by atoms with E-state index in [0.29, 0.717) is 0 Å². The molecule has 0 spiro atoms. The molecule has 0 amide bonds. The zero-order chi connectivity index (χ0) is 21.2. The minimum absolute atomic E-state index is 0.956. The molecule has 2 nitrogen and oxygen atoms in total. The molecule has 1 aliphatic heterocycles. The van der Waals surface area contributed by atoms with Crippen molar-refractivity contribution in [1.82, 2.24) is 0 Å². The molecular formula is C29H19AlO2. The summed E-state index contributed by atoms with van der Waals surface area (Å²) in [7, 11) is 0. The first-order valence-electron chi connectivity index (χ1n) is 11.0. The van der Waals surface area contributed by atoms with Gasteiger partial charge in [-0.2, -0.15) is 0 Å². The fourth-order valence-corrected chi connectivity index (χ4v) is 6.52. The molecule has 6 aromatic rings. The molecule has 0 N–H and O–H groups in total. The molecule has 32 heavy (non-hydrogen) atoms. The monoisotopic (exact) mass is 426 g/mol. The Bertz CT molecular complexity index is 1580. The first kappa shape index (κ1) is 18.1. The van der Waals surface area contributed by atoms with Crippen LogP contribution >= 0.6 is 0 Å². The molecule has 150 valence electrons. The molecule has 0 unspecified atom stereocenters. The maximum Gasteiger partial charge on any atom is 0.853 e. The number of benzene rings is 6. The number of hydrogen-bond acceptors (Lipinski definition) is 2. The van der Waals surface area contributed by atoms with E-state index in [2.05, 4.69) is 103 Å². The third-order valence-corrected chi connectivity index (χ3v) is 7.72. The Labute approximate surface area is 190 Å². The summed E-state index contributed by atoms with van der Waals surface area (Å²) in [6.07, 6.45) is 0. The lowest BCUT2D eigenvalue weighted by molar-refractivity contribution is 0.445. The van der Waals surface area contributed by atoms with E-state index in [1.54, 1.807) is 0 Å². The standard InChI is InChI=1S/C28H18O2.CH3.Al/c29-27-23-15-7-3-11-19(23)17-9-1-5-13-21(17)25(27)26-22-14-6-2-10-18(22)20-12-4-8-16-24(20)28(26)30;;/h1-16,29-30H;1H3;/q;;+2/p-2. The van der Waals surface area contributed by atoms with E-state index in [4.69, 9.17) is 7.58 Å². The van der Waals surface area contributed by atoms with Gasteiger partial charge in [-0.25, -0.2) is 0 Å². The van der Waals surface area contributed by atoms with Crippen LogP contribution in [0.5, 0.6) is 11.5 Å². The normalized spacial score (nSPS) is 13.0. The Balaban J connectivity index is 1.81. The average molecular weight is 426 g/mol. The molecule has 0 fully saturated rings. The highest BCUT2D eigenvalue weighted by Gasteiger charge is 2.35. The van der Waals surface area contributed by atoms with Crippen molar-refractivity contribution < 1.29 is 7.58 Å². The Morgan fingerprint density at radius 2 is 0.688 bits per heavy atom. The summed E-state index contributed by atoms with van der Waals surface area (Å²) in [6.45, 7) is 0. The maximum absolute atomic E-state index is 6.68. The lowest BCUT2D eigenvalue weighted by Gasteiger charge is -2.19. The summed E-state index contributed by atoms with van der Waals surface area (Å²) in [4.78, 5) is 0. The summed E-state index contributed by atoms with van der Waals surface area (Å²) < 4.78 is 13.4. The third kappa shape index (κ3) is 2.41. The van der Waals surface area contributed by atoms with Gasteiger partial charge in [-0.1, -0.05) is 97.1 Å². The second-order valence-electron chi connectivity index (χ2n) is 8.39. The molecule has 0 saturated carbocycles. The van der Waals surface area contributed by atoms with Gasteiger partial charge in [0.05, 0.1) is 11.5 Å². The lowest BCUT2D eigenvalue weighted by Crippen LogP contribution is -2.24. The molecule has 0 saturated heterocycles. The third-order valence-electron chi connectivity index (χ3n) is 6.59. The first-order chi connectivity index (χ1) is 15.8. The molecule has 0 aromatic heterocycles. The van der Waals surface area contributed by atoms with Gasteiger partial charge < -0.3 is 7.58 Å². The van der Waals surface area contributed by atoms with Gasteiger partial charge in [0, 0.05) is 21.9 Å². The van der Waals surface area contributed by atoms with E-state index < -0.39 is 14.8 Å². The number of hydrogen-bond donors (Lipinski definition) is 0. The van der Waals surface area contributed by atoms with E-state index >= 15 is 0 Å². The van der Waals surface area contributed by atoms with Crippen LogP contribution in [0.4, 0.5) is 0 Å². The topological polar surface area (TPSA) is 18.5 Å². The first-order valence-corrected chi connectivity index (χ1v) is 13.1. The molecule has 1 heterocycles. The minimum atomic E-state index is -1.99. The largest absolute Gasteiger partial charge is 0.853 e. The SMILES string of the molecule is [CH3][Al]1[O]c2c(c3ccccc3c3ccccc23)-c2c(c3ccccc3c3ccccc23)[O]1. The maximum atomic E-state index is 6.68. The van der Waals surface area contributed by atoms with Gasteiger partial charge in [0.1, 0.15) is 0 Å². The fraction of sp³-hybridized carbons (Fsp3) is 0.0345. The van der Waals surface area contributed by atoms with Gasteiger partial charge in [-0.3, -0.25) is 0 Å². The van der Waals surface area contributed by atoms with Crippen LogP contribution < -0.4 is 7.58 Å². The molecule has 0 aliphatic carbocycles. The average Bonchev–Trinajstić information content (AvgIpc) is 3.01. The van der Waals surface area contributed by atoms with Crippen LogP contribution in [0.1, 0.15) is 0 Å². The van der Waals surface area contributed by atoms with Gasteiger partial charge in [0.2, 0.25) is 0 Å².